The Hall–Kier alpha value is -3.14. The molecule has 0 atom stereocenters. The number of hydrogen-bond acceptors (Lipinski definition) is 4. The van der Waals surface area contributed by atoms with Crippen molar-refractivity contribution in [1.82, 2.24) is 4.98 Å². The molecule has 0 fully saturated rings. The highest BCUT2D eigenvalue weighted by Crippen LogP contribution is 2.27. The van der Waals surface area contributed by atoms with Crippen molar-refractivity contribution in [2.24, 2.45) is 0 Å². The van der Waals surface area contributed by atoms with Crippen LogP contribution in [-0.2, 0) is 6.61 Å². The lowest BCUT2D eigenvalue weighted by Crippen LogP contribution is -1.97. The van der Waals surface area contributed by atoms with E-state index in [0.717, 1.165) is 23.0 Å². The molecular formula is C21H19NO3. The lowest BCUT2D eigenvalue weighted by molar-refractivity contribution is 0.112. The third-order valence-electron chi connectivity index (χ3n) is 3.74. The van der Waals surface area contributed by atoms with Crippen LogP contribution < -0.4 is 9.47 Å². The second kappa shape index (κ2) is 8.11. The average Bonchev–Trinajstić information content (AvgIpc) is 2.68. The molecule has 0 aliphatic rings. The summed E-state index contributed by atoms with van der Waals surface area (Å²) in [6, 6.07) is 19.1. The summed E-state index contributed by atoms with van der Waals surface area (Å²) in [7, 11) is 0. The Morgan fingerprint density at radius 2 is 1.84 bits per heavy atom. The van der Waals surface area contributed by atoms with Crippen molar-refractivity contribution in [3.8, 4) is 22.8 Å². The standard InChI is InChI=1S/C21H19NO3/c1-2-24-19-9-10-20(18(12-19)14-23)17-8-11-21(22-13-17)25-15-16-6-4-3-5-7-16/h3-14H,2,15H2,1H3. The van der Waals surface area contributed by atoms with Gasteiger partial charge in [0.25, 0.3) is 0 Å². The maximum atomic E-state index is 11.4. The molecule has 0 unspecified atom stereocenters. The SMILES string of the molecule is CCOc1ccc(-c2ccc(OCc3ccccc3)nc2)c(C=O)c1. The molecule has 0 N–H and O–H groups in total. The van der Waals surface area contributed by atoms with E-state index >= 15 is 0 Å². The van der Waals surface area contributed by atoms with Crippen LogP contribution in [0.25, 0.3) is 11.1 Å². The lowest BCUT2D eigenvalue weighted by Gasteiger charge is -2.10. The number of aldehydes is 1. The largest absolute Gasteiger partial charge is 0.494 e. The first-order chi connectivity index (χ1) is 12.3. The number of carbonyl (C=O) groups is 1. The second-order valence-corrected chi connectivity index (χ2v) is 5.46. The van der Waals surface area contributed by atoms with Gasteiger partial charge in [0, 0.05) is 23.4 Å². The van der Waals surface area contributed by atoms with Crippen LogP contribution in [0.1, 0.15) is 22.8 Å². The summed E-state index contributed by atoms with van der Waals surface area (Å²) in [5.41, 5.74) is 3.34. The Bertz CT molecular complexity index is 830. The molecule has 0 amide bonds. The number of aromatic nitrogens is 1. The van der Waals surface area contributed by atoms with Crippen molar-refractivity contribution in [2.75, 3.05) is 6.61 Å². The molecule has 126 valence electrons. The first-order valence-corrected chi connectivity index (χ1v) is 8.15. The van der Waals surface area contributed by atoms with Crippen LogP contribution in [0.5, 0.6) is 11.6 Å². The minimum Gasteiger partial charge on any atom is -0.494 e. The normalized spacial score (nSPS) is 10.3. The molecule has 1 heterocycles. The van der Waals surface area contributed by atoms with Gasteiger partial charge in [-0.25, -0.2) is 4.98 Å². The van der Waals surface area contributed by atoms with E-state index in [2.05, 4.69) is 4.98 Å². The summed E-state index contributed by atoms with van der Waals surface area (Å²) in [5.74, 6) is 1.23. The first kappa shape index (κ1) is 16.7. The van der Waals surface area contributed by atoms with E-state index in [0.29, 0.717) is 30.4 Å². The Morgan fingerprint density at radius 1 is 1.00 bits per heavy atom. The maximum Gasteiger partial charge on any atom is 0.213 e. The summed E-state index contributed by atoms with van der Waals surface area (Å²) in [6.07, 6.45) is 2.54. The van der Waals surface area contributed by atoms with Crippen LogP contribution in [0.4, 0.5) is 0 Å². The van der Waals surface area contributed by atoms with Crippen molar-refractivity contribution in [2.45, 2.75) is 13.5 Å². The van der Waals surface area contributed by atoms with Crippen LogP contribution in [0, 0.1) is 0 Å². The van der Waals surface area contributed by atoms with E-state index in [1.54, 1.807) is 12.3 Å². The second-order valence-electron chi connectivity index (χ2n) is 5.46. The summed E-state index contributed by atoms with van der Waals surface area (Å²) in [4.78, 5) is 15.7. The highest BCUT2D eigenvalue weighted by Gasteiger charge is 2.08. The predicted molar refractivity (Wildman–Crippen MR) is 97.0 cm³/mol. The van der Waals surface area contributed by atoms with Crippen molar-refractivity contribution in [3.63, 3.8) is 0 Å². The molecule has 2 aromatic carbocycles. The Kier molecular flexibility index (Phi) is 5.42. The fourth-order valence-corrected chi connectivity index (χ4v) is 2.51. The third kappa shape index (κ3) is 4.23. The van der Waals surface area contributed by atoms with Gasteiger partial charge in [-0.05, 0) is 42.3 Å². The number of pyridine rings is 1. The molecule has 4 nitrogen and oxygen atoms in total. The Balaban J connectivity index is 1.74. The molecule has 4 heteroatoms. The number of benzene rings is 2. The summed E-state index contributed by atoms with van der Waals surface area (Å²) < 4.78 is 11.1. The third-order valence-corrected chi connectivity index (χ3v) is 3.74. The molecule has 0 aliphatic heterocycles. The van der Waals surface area contributed by atoms with E-state index in [1.807, 2.05) is 61.5 Å². The van der Waals surface area contributed by atoms with Crippen molar-refractivity contribution >= 4 is 6.29 Å². The van der Waals surface area contributed by atoms with E-state index in [-0.39, 0.29) is 0 Å². The molecule has 0 radical (unpaired) electrons. The van der Waals surface area contributed by atoms with Crippen molar-refractivity contribution in [3.05, 3.63) is 78.0 Å². The molecule has 0 aliphatic carbocycles. The molecule has 0 spiro atoms. The van der Waals surface area contributed by atoms with Gasteiger partial charge in [-0.2, -0.15) is 0 Å². The van der Waals surface area contributed by atoms with Gasteiger partial charge in [0.2, 0.25) is 5.88 Å². The van der Waals surface area contributed by atoms with Gasteiger partial charge in [0.15, 0.2) is 6.29 Å². The number of nitrogens with zero attached hydrogens (tertiary/aromatic N) is 1. The summed E-state index contributed by atoms with van der Waals surface area (Å²) >= 11 is 0. The van der Waals surface area contributed by atoms with E-state index in [9.17, 15) is 4.79 Å². The fourth-order valence-electron chi connectivity index (χ4n) is 2.51. The zero-order chi connectivity index (χ0) is 17.5. The van der Waals surface area contributed by atoms with E-state index in [4.69, 9.17) is 9.47 Å². The van der Waals surface area contributed by atoms with Crippen LogP contribution >= 0.6 is 0 Å². The van der Waals surface area contributed by atoms with Crippen molar-refractivity contribution < 1.29 is 14.3 Å². The monoisotopic (exact) mass is 333 g/mol. The molecule has 25 heavy (non-hydrogen) atoms. The quantitative estimate of drug-likeness (QED) is 0.596. The highest BCUT2D eigenvalue weighted by atomic mass is 16.5. The predicted octanol–water partition coefficient (Wildman–Crippen LogP) is 4.54. The van der Waals surface area contributed by atoms with Gasteiger partial charge in [0.1, 0.15) is 12.4 Å². The molecule has 3 aromatic rings. The topological polar surface area (TPSA) is 48.4 Å². The number of rotatable bonds is 7. The zero-order valence-electron chi connectivity index (χ0n) is 14.0. The molecule has 1 aromatic heterocycles. The van der Waals surface area contributed by atoms with Gasteiger partial charge in [-0.3, -0.25) is 4.79 Å². The smallest absolute Gasteiger partial charge is 0.213 e. The van der Waals surface area contributed by atoms with Crippen LogP contribution in [-0.4, -0.2) is 17.9 Å². The molecule has 0 bridgehead atoms. The molecular weight excluding hydrogens is 314 g/mol. The lowest BCUT2D eigenvalue weighted by atomic mass is 10.0. The highest BCUT2D eigenvalue weighted by molar-refractivity contribution is 5.88. The maximum absolute atomic E-state index is 11.4. The molecule has 0 saturated heterocycles. The first-order valence-electron chi connectivity index (χ1n) is 8.15. The van der Waals surface area contributed by atoms with Crippen LogP contribution in [0.3, 0.4) is 0 Å². The van der Waals surface area contributed by atoms with Crippen molar-refractivity contribution in [1.29, 1.82) is 0 Å². The minimum atomic E-state index is 0.468. The number of carbonyl (C=O) groups excluding carboxylic acids is 1. The Labute approximate surface area is 147 Å². The zero-order valence-corrected chi connectivity index (χ0v) is 14.0. The molecule has 3 rings (SSSR count). The Morgan fingerprint density at radius 3 is 2.52 bits per heavy atom. The number of hydrogen-bond donors (Lipinski definition) is 0. The van der Waals surface area contributed by atoms with Gasteiger partial charge in [-0.1, -0.05) is 30.3 Å². The van der Waals surface area contributed by atoms with Gasteiger partial charge in [-0.15, -0.1) is 0 Å². The summed E-state index contributed by atoms with van der Waals surface area (Å²) in [5, 5.41) is 0. The van der Waals surface area contributed by atoms with Gasteiger partial charge in [0.05, 0.1) is 6.61 Å². The fraction of sp³-hybridized carbons (Fsp3) is 0.143. The average molecular weight is 333 g/mol. The van der Waals surface area contributed by atoms with Gasteiger partial charge >= 0.3 is 0 Å². The van der Waals surface area contributed by atoms with Crippen LogP contribution in [0.15, 0.2) is 66.9 Å². The van der Waals surface area contributed by atoms with Crippen LogP contribution in [0.2, 0.25) is 0 Å². The molecule has 0 saturated carbocycles. The van der Waals surface area contributed by atoms with E-state index in [1.165, 1.54) is 0 Å². The van der Waals surface area contributed by atoms with E-state index < -0.39 is 0 Å². The number of ether oxygens (including phenoxy) is 2. The minimum absolute atomic E-state index is 0.468. The van der Waals surface area contributed by atoms with Gasteiger partial charge < -0.3 is 9.47 Å². The summed E-state index contributed by atoms with van der Waals surface area (Å²) in [6.45, 7) is 2.94.